The van der Waals surface area contributed by atoms with Crippen LogP contribution in [0.4, 0.5) is 4.79 Å². The predicted octanol–water partition coefficient (Wildman–Crippen LogP) is 2.73. The van der Waals surface area contributed by atoms with Gasteiger partial charge in [0.1, 0.15) is 11.4 Å². The molecule has 0 aliphatic carbocycles. The molecular formula is C17H23NO5. The lowest BCUT2D eigenvalue weighted by Crippen LogP contribution is -2.35. The van der Waals surface area contributed by atoms with Gasteiger partial charge in [-0.15, -0.1) is 0 Å². The van der Waals surface area contributed by atoms with Crippen molar-refractivity contribution in [2.75, 3.05) is 20.2 Å². The molecule has 2 atom stereocenters. The molecule has 1 amide bonds. The third kappa shape index (κ3) is 4.15. The number of ether oxygens (including phenoxy) is 2. The molecule has 0 aromatic heterocycles. The molecule has 1 fully saturated rings. The molecule has 1 N–H and O–H groups in total. The largest absolute Gasteiger partial charge is 0.497 e. The summed E-state index contributed by atoms with van der Waals surface area (Å²) in [6.07, 6.45) is -0.478. The van der Waals surface area contributed by atoms with Crippen LogP contribution in [-0.2, 0) is 9.53 Å². The van der Waals surface area contributed by atoms with Crippen LogP contribution < -0.4 is 4.74 Å². The van der Waals surface area contributed by atoms with Crippen LogP contribution in [0.3, 0.4) is 0 Å². The molecule has 1 aliphatic heterocycles. The summed E-state index contributed by atoms with van der Waals surface area (Å²) in [5.41, 5.74) is 0.243. The highest BCUT2D eigenvalue weighted by Gasteiger charge is 2.41. The Morgan fingerprint density at radius 1 is 1.26 bits per heavy atom. The van der Waals surface area contributed by atoms with Crippen molar-refractivity contribution in [2.45, 2.75) is 32.3 Å². The first-order valence-electron chi connectivity index (χ1n) is 7.56. The maximum absolute atomic E-state index is 12.2. The van der Waals surface area contributed by atoms with E-state index in [-0.39, 0.29) is 12.5 Å². The summed E-state index contributed by atoms with van der Waals surface area (Å²) in [6.45, 7) is 5.82. The summed E-state index contributed by atoms with van der Waals surface area (Å²) in [6, 6.07) is 7.31. The summed E-state index contributed by atoms with van der Waals surface area (Å²) in [4.78, 5) is 25.3. The normalized spacial score (nSPS) is 21.1. The Bertz CT molecular complexity index is 593. The van der Waals surface area contributed by atoms with Crippen LogP contribution in [0.2, 0.25) is 0 Å². The van der Waals surface area contributed by atoms with E-state index >= 15 is 0 Å². The molecule has 0 unspecified atom stereocenters. The van der Waals surface area contributed by atoms with Crippen molar-refractivity contribution in [3.63, 3.8) is 0 Å². The van der Waals surface area contributed by atoms with E-state index in [9.17, 15) is 14.7 Å². The SMILES string of the molecule is COc1cccc([C@H]2CN(C(=O)OC(C)(C)C)C[C@H]2C(=O)O)c1. The van der Waals surface area contributed by atoms with Gasteiger partial charge in [-0.2, -0.15) is 0 Å². The van der Waals surface area contributed by atoms with Crippen molar-refractivity contribution in [2.24, 2.45) is 5.92 Å². The number of hydrogen-bond acceptors (Lipinski definition) is 4. The summed E-state index contributed by atoms with van der Waals surface area (Å²) in [7, 11) is 1.56. The molecule has 1 aromatic rings. The van der Waals surface area contributed by atoms with Crippen molar-refractivity contribution in [3.05, 3.63) is 29.8 Å². The van der Waals surface area contributed by atoms with Gasteiger partial charge in [-0.05, 0) is 38.5 Å². The fraction of sp³-hybridized carbons (Fsp3) is 0.529. The number of methoxy groups -OCH3 is 1. The van der Waals surface area contributed by atoms with Gasteiger partial charge in [0.2, 0.25) is 0 Å². The van der Waals surface area contributed by atoms with E-state index < -0.39 is 23.6 Å². The minimum absolute atomic E-state index is 0.145. The number of carbonyl (C=O) groups is 2. The summed E-state index contributed by atoms with van der Waals surface area (Å²) in [5, 5.41) is 9.49. The van der Waals surface area contributed by atoms with E-state index in [4.69, 9.17) is 9.47 Å². The number of likely N-dealkylation sites (tertiary alicyclic amines) is 1. The Morgan fingerprint density at radius 2 is 1.96 bits per heavy atom. The zero-order valence-electron chi connectivity index (χ0n) is 13.9. The van der Waals surface area contributed by atoms with E-state index in [1.54, 1.807) is 33.9 Å². The molecule has 1 saturated heterocycles. The van der Waals surface area contributed by atoms with Crippen molar-refractivity contribution in [1.82, 2.24) is 4.90 Å². The molecule has 23 heavy (non-hydrogen) atoms. The zero-order valence-corrected chi connectivity index (χ0v) is 13.9. The second kappa shape index (κ2) is 6.48. The van der Waals surface area contributed by atoms with Crippen LogP contribution in [0.15, 0.2) is 24.3 Å². The minimum Gasteiger partial charge on any atom is -0.497 e. The standard InChI is InChI=1S/C17H23NO5/c1-17(2,3)23-16(21)18-9-13(14(10-18)15(19)20)11-6-5-7-12(8-11)22-4/h5-8,13-14H,9-10H2,1-4H3,(H,19,20)/t13-,14-/m1/s1. The Kier molecular flexibility index (Phi) is 4.82. The first kappa shape index (κ1) is 17.1. The van der Waals surface area contributed by atoms with Crippen LogP contribution >= 0.6 is 0 Å². The number of carboxylic acid groups (broad SMARTS) is 1. The maximum atomic E-state index is 12.2. The first-order valence-corrected chi connectivity index (χ1v) is 7.56. The molecule has 1 aromatic carbocycles. The van der Waals surface area contributed by atoms with Crippen molar-refractivity contribution in [1.29, 1.82) is 0 Å². The van der Waals surface area contributed by atoms with Gasteiger partial charge in [0.05, 0.1) is 13.0 Å². The van der Waals surface area contributed by atoms with E-state index in [1.807, 2.05) is 18.2 Å². The van der Waals surface area contributed by atoms with Gasteiger partial charge in [0, 0.05) is 19.0 Å². The number of aliphatic carboxylic acids is 1. The lowest BCUT2D eigenvalue weighted by Gasteiger charge is -2.24. The highest BCUT2D eigenvalue weighted by Crippen LogP contribution is 2.35. The molecular weight excluding hydrogens is 298 g/mol. The van der Waals surface area contributed by atoms with E-state index in [2.05, 4.69) is 0 Å². The molecule has 2 rings (SSSR count). The van der Waals surface area contributed by atoms with E-state index in [0.717, 1.165) is 5.56 Å². The smallest absolute Gasteiger partial charge is 0.410 e. The first-order chi connectivity index (χ1) is 10.7. The fourth-order valence-corrected chi connectivity index (χ4v) is 2.74. The topological polar surface area (TPSA) is 76.1 Å². The molecule has 0 saturated carbocycles. The summed E-state index contributed by atoms with van der Waals surface area (Å²) < 4.78 is 10.5. The Labute approximate surface area is 136 Å². The fourth-order valence-electron chi connectivity index (χ4n) is 2.74. The van der Waals surface area contributed by atoms with Crippen molar-refractivity contribution >= 4 is 12.1 Å². The average molecular weight is 321 g/mol. The van der Waals surface area contributed by atoms with Gasteiger partial charge in [-0.25, -0.2) is 4.79 Å². The van der Waals surface area contributed by atoms with Crippen LogP contribution in [-0.4, -0.2) is 47.9 Å². The highest BCUT2D eigenvalue weighted by atomic mass is 16.6. The number of hydrogen-bond donors (Lipinski definition) is 1. The Morgan fingerprint density at radius 3 is 2.52 bits per heavy atom. The third-order valence-electron chi connectivity index (χ3n) is 3.81. The maximum Gasteiger partial charge on any atom is 0.410 e. The molecule has 126 valence electrons. The summed E-state index contributed by atoms with van der Waals surface area (Å²) in [5.74, 6) is -1.18. The number of amides is 1. The van der Waals surface area contributed by atoms with Gasteiger partial charge < -0.3 is 19.5 Å². The molecule has 6 heteroatoms. The molecule has 0 spiro atoms. The van der Waals surface area contributed by atoms with Gasteiger partial charge in [0.25, 0.3) is 0 Å². The van der Waals surface area contributed by atoms with Crippen molar-refractivity contribution < 1.29 is 24.2 Å². The molecule has 6 nitrogen and oxygen atoms in total. The number of carboxylic acids is 1. The van der Waals surface area contributed by atoms with Crippen LogP contribution in [0.5, 0.6) is 5.75 Å². The molecule has 1 heterocycles. The lowest BCUT2D eigenvalue weighted by molar-refractivity contribution is -0.141. The molecule has 0 bridgehead atoms. The van der Waals surface area contributed by atoms with Crippen LogP contribution in [0, 0.1) is 5.92 Å². The number of rotatable bonds is 3. The van der Waals surface area contributed by atoms with Crippen molar-refractivity contribution in [3.8, 4) is 5.75 Å². The van der Waals surface area contributed by atoms with E-state index in [1.165, 1.54) is 4.90 Å². The lowest BCUT2D eigenvalue weighted by atomic mass is 9.89. The molecule has 1 aliphatic rings. The van der Waals surface area contributed by atoms with Crippen LogP contribution in [0.25, 0.3) is 0 Å². The molecule has 0 radical (unpaired) electrons. The number of benzene rings is 1. The number of nitrogens with zero attached hydrogens (tertiary/aromatic N) is 1. The summed E-state index contributed by atoms with van der Waals surface area (Å²) >= 11 is 0. The Balaban J connectivity index is 2.21. The monoisotopic (exact) mass is 321 g/mol. The van der Waals surface area contributed by atoms with Gasteiger partial charge >= 0.3 is 12.1 Å². The highest BCUT2D eigenvalue weighted by molar-refractivity contribution is 5.76. The van der Waals surface area contributed by atoms with Gasteiger partial charge in [0.15, 0.2) is 0 Å². The quantitative estimate of drug-likeness (QED) is 0.926. The minimum atomic E-state index is -0.913. The Hall–Kier alpha value is -2.24. The van der Waals surface area contributed by atoms with Gasteiger partial charge in [-0.1, -0.05) is 12.1 Å². The van der Waals surface area contributed by atoms with Crippen LogP contribution in [0.1, 0.15) is 32.3 Å². The predicted molar refractivity (Wildman–Crippen MR) is 84.7 cm³/mol. The third-order valence-corrected chi connectivity index (χ3v) is 3.81. The second-order valence-electron chi connectivity index (χ2n) is 6.71. The van der Waals surface area contributed by atoms with E-state index in [0.29, 0.717) is 12.3 Å². The second-order valence-corrected chi connectivity index (χ2v) is 6.71. The zero-order chi connectivity index (χ0) is 17.2. The number of carbonyl (C=O) groups excluding carboxylic acids is 1. The van der Waals surface area contributed by atoms with Gasteiger partial charge in [-0.3, -0.25) is 4.79 Å². The average Bonchev–Trinajstić information content (AvgIpc) is 2.91.